The number of carbonyl (C=O) groups excluding carboxylic acids is 1. The number of anilines is 1. The maximum atomic E-state index is 13.5. The van der Waals surface area contributed by atoms with Crippen molar-refractivity contribution >= 4 is 44.2 Å². The molecule has 0 saturated heterocycles. The molecule has 1 aromatic heterocycles. The SMILES string of the molecule is O=C(Nc1nc2cc(Cl)c(F)cc2s1)c1ccc(F)cc1F. The van der Waals surface area contributed by atoms with Crippen LogP contribution < -0.4 is 5.32 Å². The standard InChI is InChI=1S/C14H6ClF3N2OS/c15-8-4-11-12(5-10(8)18)22-14(19-11)20-13(21)7-2-1-6(16)3-9(7)17/h1-5H,(H,19,20,21). The van der Waals surface area contributed by atoms with Crippen LogP contribution in [0.15, 0.2) is 30.3 Å². The van der Waals surface area contributed by atoms with Gasteiger partial charge < -0.3 is 0 Å². The average molecular weight is 343 g/mol. The largest absolute Gasteiger partial charge is 0.298 e. The van der Waals surface area contributed by atoms with E-state index >= 15 is 0 Å². The van der Waals surface area contributed by atoms with Crippen LogP contribution in [0.3, 0.4) is 0 Å². The van der Waals surface area contributed by atoms with Gasteiger partial charge in [0.15, 0.2) is 5.13 Å². The highest BCUT2D eigenvalue weighted by atomic mass is 35.5. The Labute approximate surface area is 131 Å². The first-order chi connectivity index (χ1) is 10.4. The van der Waals surface area contributed by atoms with Gasteiger partial charge in [-0.1, -0.05) is 22.9 Å². The molecule has 2 aromatic carbocycles. The van der Waals surface area contributed by atoms with E-state index < -0.39 is 23.4 Å². The summed E-state index contributed by atoms with van der Waals surface area (Å²) < 4.78 is 40.2. The van der Waals surface area contributed by atoms with Crippen LogP contribution in [0.1, 0.15) is 10.4 Å². The Morgan fingerprint density at radius 1 is 1.14 bits per heavy atom. The van der Waals surface area contributed by atoms with Gasteiger partial charge in [-0.2, -0.15) is 0 Å². The second-order valence-electron chi connectivity index (χ2n) is 4.33. The van der Waals surface area contributed by atoms with Gasteiger partial charge in [-0.15, -0.1) is 0 Å². The van der Waals surface area contributed by atoms with E-state index in [1.807, 2.05) is 0 Å². The highest BCUT2D eigenvalue weighted by molar-refractivity contribution is 7.22. The molecule has 22 heavy (non-hydrogen) atoms. The molecule has 3 rings (SSSR count). The van der Waals surface area contributed by atoms with Crippen LogP contribution in [0, 0.1) is 17.5 Å². The lowest BCUT2D eigenvalue weighted by molar-refractivity contribution is 0.102. The van der Waals surface area contributed by atoms with Gasteiger partial charge in [0.2, 0.25) is 0 Å². The summed E-state index contributed by atoms with van der Waals surface area (Å²) in [5, 5.41) is 2.46. The van der Waals surface area contributed by atoms with E-state index in [0.29, 0.717) is 16.3 Å². The van der Waals surface area contributed by atoms with E-state index in [4.69, 9.17) is 11.6 Å². The predicted octanol–water partition coefficient (Wildman–Crippen LogP) is 4.62. The smallest absolute Gasteiger partial charge is 0.260 e. The number of nitrogens with zero attached hydrogens (tertiary/aromatic N) is 1. The molecule has 1 heterocycles. The third kappa shape index (κ3) is 2.77. The van der Waals surface area contributed by atoms with Gasteiger partial charge >= 0.3 is 0 Å². The number of halogens is 4. The fourth-order valence-electron chi connectivity index (χ4n) is 1.82. The second kappa shape index (κ2) is 5.58. The molecule has 0 fully saturated rings. The van der Waals surface area contributed by atoms with Crippen LogP contribution in [0.5, 0.6) is 0 Å². The third-order valence-corrected chi connectivity index (χ3v) is 4.05. The van der Waals surface area contributed by atoms with E-state index in [-0.39, 0.29) is 15.7 Å². The van der Waals surface area contributed by atoms with E-state index in [0.717, 1.165) is 23.5 Å². The number of rotatable bonds is 2. The first-order valence-electron chi connectivity index (χ1n) is 5.96. The Hall–Kier alpha value is -2.12. The predicted molar refractivity (Wildman–Crippen MR) is 78.9 cm³/mol. The highest BCUT2D eigenvalue weighted by Gasteiger charge is 2.15. The molecule has 0 aliphatic rings. The lowest BCUT2D eigenvalue weighted by Crippen LogP contribution is -2.13. The normalized spacial score (nSPS) is 10.9. The monoisotopic (exact) mass is 342 g/mol. The molecule has 0 unspecified atom stereocenters. The number of nitrogens with one attached hydrogen (secondary N) is 1. The molecular formula is C14H6ClF3N2OS. The fourth-order valence-corrected chi connectivity index (χ4v) is 2.84. The van der Waals surface area contributed by atoms with Crippen LogP contribution in [0.25, 0.3) is 10.2 Å². The van der Waals surface area contributed by atoms with Crippen molar-refractivity contribution in [1.82, 2.24) is 4.98 Å². The molecule has 0 aliphatic heterocycles. The number of benzene rings is 2. The average Bonchev–Trinajstić information content (AvgIpc) is 2.80. The van der Waals surface area contributed by atoms with E-state index in [9.17, 15) is 18.0 Å². The van der Waals surface area contributed by atoms with Crippen LogP contribution in [-0.4, -0.2) is 10.9 Å². The maximum Gasteiger partial charge on any atom is 0.260 e. The molecule has 0 bridgehead atoms. The Bertz CT molecular complexity index is 858. The van der Waals surface area contributed by atoms with Crippen molar-refractivity contribution in [1.29, 1.82) is 0 Å². The number of aromatic nitrogens is 1. The molecule has 0 aliphatic carbocycles. The summed E-state index contributed by atoms with van der Waals surface area (Å²) in [7, 11) is 0. The van der Waals surface area contributed by atoms with Crippen molar-refractivity contribution in [3.8, 4) is 0 Å². The minimum absolute atomic E-state index is 0.0831. The Kier molecular flexibility index (Phi) is 3.76. The van der Waals surface area contributed by atoms with Crippen molar-refractivity contribution < 1.29 is 18.0 Å². The van der Waals surface area contributed by atoms with Gasteiger partial charge in [0.25, 0.3) is 5.91 Å². The van der Waals surface area contributed by atoms with Gasteiger partial charge in [-0.3, -0.25) is 10.1 Å². The molecule has 3 nitrogen and oxygen atoms in total. The fraction of sp³-hybridized carbons (Fsp3) is 0. The summed E-state index contributed by atoms with van der Waals surface area (Å²) in [6.07, 6.45) is 0. The van der Waals surface area contributed by atoms with Crippen LogP contribution in [0.2, 0.25) is 5.02 Å². The number of fused-ring (bicyclic) bond motifs is 1. The summed E-state index contributed by atoms with van der Waals surface area (Å²) in [6.45, 7) is 0. The third-order valence-electron chi connectivity index (χ3n) is 2.83. The van der Waals surface area contributed by atoms with Crippen molar-refractivity contribution in [2.45, 2.75) is 0 Å². The van der Waals surface area contributed by atoms with Crippen LogP contribution in [0.4, 0.5) is 18.3 Å². The molecule has 1 N–H and O–H groups in total. The molecular weight excluding hydrogens is 337 g/mol. The molecule has 0 saturated carbocycles. The number of carbonyl (C=O) groups is 1. The molecule has 1 amide bonds. The number of amides is 1. The molecule has 0 spiro atoms. The lowest BCUT2D eigenvalue weighted by Gasteiger charge is -2.02. The molecule has 0 atom stereocenters. The quantitative estimate of drug-likeness (QED) is 0.738. The minimum atomic E-state index is -0.979. The molecule has 112 valence electrons. The minimum Gasteiger partial charge on any atom is -0.298 e. The van der Waals surface area contributed by atoms with Crippen LogP contribution >= 0.6 is 22.9 Å². The topological polar surface area (TPSA) is 42.0 Å². The van der Waals surface area contributed by atoms with Gasteiger partial charge in [0.05, 0.1) is 20.8 Å². The van der Waals surface area contributed by atoms with Crippen molar-refractivity contribution in [3.05, 3.63) is 58.4 Å². The van der Waals surface area contributed by atoms with Gasteiger partial charge in [0.1, 0.15) is 17.5 Å². The Morgan fingerprint density at radius 3 is 2.64 bits per heavy atom. The number of hydrogen-bond acceptors (Lipinski definition) is 3. The van der Waals surface area contributed by atoms with Crippen molar-refractivity contribution in [2.24, 2.45) is 0 Å². The Balaban J connectivity index is 1.90. The summed E-state index contributed by atoms with van der Waals surface area (Å²) in [5.41, 5.74) is 0.0937. The number of thiazole rings is 1. The van der Waals surface area contributed by atoms with Crippen molar-refractivity contribution in [2.75, 3.05) is 5.32 Å². The van der Waals surface area contributed by atoms with Crippen LogP contribution in [-0.2, 0) is 0 Å². The van der Waals surface area contributed by atoms with E-state index in [2.05, 4.69) is 10.3 Å². The zero-order valence-corrected chi connectivity index (χ0v) is 12.2. The summed E-state index contributed by atoms with van der Waals surface area (Å²) >= 11 is 6.67. The van der Waals surface area contributed by atoms with Gasteiger partial charge in [0, 0.05) is 6.07 Å². The maximum absolute atomic E-state index is 13.5. The van der Waals surface area contributed by atoms with E-state index in [1.54, 1.807) is 0 Å². The molecule has 0 radical (unpaired) electrons. The summed E-state index contributed by atoms with van der Waals surface area (Å²) in [6, 6.07) is 5.15. The summed E-state index contributed by atoms with van der Waals surface area (Å²) in [5.74, 6) is -3.13. The first kappa shape index (κ1) is 14.8. The number of hydrogen-bond donors (Lipinski definition) is 1. The zero-order valence-electron chi connectivity index (χ0n) is 10.7. The van der Waals surface area contributed by atoms with Crippen molar-refractivity contribution in [3.63, 3.8) is 0 Å². The molecule has 3 aromatic rings. The first-order valence-corrected chi connectivity index (χ1v) is 7.15. The zero-order chi connectivity index (χ0) is 15.9. The van der Waals surface area contributed by atoms with Gasteiger partial charge in [-0.05, 0) is 24.3 Å². The van der Waals surface area contributed by atoms with Gasteiger partial charge in [-0.25, -0.2) is 18.2 Å². The lowest BCUT2D eigenvalue weighted by atomic mass is 10.2. The highest BCUT2D eigenvalue weighted by Crippen LogP contribution is 2.30. The molecule has 8 heteroatoms. The summed E-state index contributed by atoms with van der Waals surface area (Å²) in [4.78, 5) is 16.0. The Morgan fingerprint density at radius 2 is 1.91 bits per heavy atom. The second-order valence-corrected chi connectivity index (χ2v) is 5.77. The van der Waals surface area contributed by atoms with E-state index in [1.165, 1.54) is 12.1 Å².